The van der Waals surface area contributed by atoms with Crippen LogP contribution in [0.25, 0.3) is 5.65 Å². The van der Waals surface area contributed by atoms with Crippen molar-refractivity contribution in [2.24, 2.45) is 0 Å². The summed E-state index contributed by atoms with van der Waals surface area (Å²) >= 11 is 5.86. The molecule has 2 rings (SSSR count). The van der Waals surface area contributed by atoms with E-state index in [1.807, 2.05) is 6.92 Å². The molecule has 0 saturated carbocycles. The average Bonchev–Trinajstić information content (AvgIpc) is 2.46. The number of carbonyl (C=O) groups excluding carboxylic acids is 1. The van der Waals surface area contributed by atoms with Gasteiger partial charge >= 0.3 is 0 Å². The molecule has 4 nitrogen and oxygen atoms in total. The van der Waals surface area contributed by atoms with Crippen molar-refractivity contribution in [1.82, 2.24) is 14.6 Å². The Morgan fingerprint density at radius 3 is 3.00 bits per heavy atom. The second-order valence-corrected chi connectivity index (χ2v) is 3.06. The fourth-order valence-corrected chi connectivity index (χ4v) is 1.37. The maximum atomic E-state index is 10.5. The van der Waals surface area contributed by atoms with Gasteiger partial charge in [-0.1, -0.05) is 11.6 Å². The Kier molecular flexibility index (Phi) is 1.77. The first-order chi connectivity index (χ1) is 6.20. The highest BCUT2D eigenvalue weighted by Crippen LogP contribution is 2.12. The number of aldehydes is 1. The van der Waals surface area contributed by atoms with Crippen LogP contribution >= 0.6 is 11.6 Å². The first kappa shape index (κ1) is 8.19. The van der Waals surface area contributed by atoms with Crippen LogP contribution in [0.1, 0.15) is 16.2 Å². The Labute approximate surface area is 79.2 Å². The fraction of sp³-hybridized carbons (Fsp3) is 0.125. The maximum Gasteiger partial charge on any atom is 0.168 e. The molecule has 0 radical (unpaired) electrons. The molecule has 0 saturated heterocycles. The first-order valence-corrected chi connectivity index (χ1v) is 4.06. The summed E-state index contributed by atoms with van der Waals surface area (Å²) in [6.45, 7) is 1.84. The molecule has 0 unspecified atom stereocenters. The van der Waals surface area contributed by atoms with Gasteiger partial charge in [0.1, 0.15) is 10.8 Å². The molecule has 0 aliphatic heterocycles. The number of rotatable bonds is 1. The third kappa shape index (κ3) is 1.29. The number of aryl methyl sites for hydroxylation is 1. The van der Waals surface area contributed by atoms with Crippen LogP contribution in [-0.4, -0.2) is 20.9 Å². The molecule has 5 heteroatoms. The van der Waals surface area contributed by atoms with E-state index in [9.17, 15) is 4.79 Å². The van der Waals surface area contributed by atoms with Crippen molar-refractivity contribution in [3.05, 3.63) is 28.7 Å². The number of halogens is 1. The monoisotopic (exact) mass is 195 g/mol. The van der Waals surface area contributed by atoms with Gasteiger partial charge < -0.3 is 0 Å². The van der Waals surface area contributed by atoms with Gasteiger partial charge in [0.05, 0.1) is 5.69 Å². The van der Waals surface area contributed by atoms with Crippen molar-refractivity contribution >= 4 is 23.5 Å². The molecule has 0 N–H and O–H groups in total. The van der Waals surface area contributed by atoms with Crippen LogP contribution in [0, 0.1) is 6.92 Å². The lowest BCUT2D eigenvalue weighted by molar-refractivity contribution is 0.111. The van der Waals surface area contributed by atoms with Gasteiger partial charge in [0, 0.05) is 12.1 Å². The van der Waals surface area contributed by atoms with Crippen molar-refractivity contribution in [2.45, 2.75) is 6.92 Å². The van der Waals surface area contributed by atoms with Crippen molar-refractivity contribution in [3.8, 4) is 0 Å². The van der Waals surface area contributed by atoms with Gasteiger partial charge in [-0.15, -0.1) is 0 Å². The third-order valence-corrected chi connectivity index (χ3v) is 1.92. The summed E-state index contributed by atoms with van der Waals surface area (Å²) in [5, 5.41) is 4.48. The quantitative estimate of drug-likeness (QED) is 0.512. The number of fused-ring (bicyclic) bond motifs is 1. The minimum Gasteiger partial charge on any atom is -0.296 e. The molecule has 0 spiro atoms. The molecule has 0 aliphatic rings. The highest BCUT2D eigenvalue weighted by Gasteiger charge is 2.04. The summed E-state index contributed by atoms with van der Waals surface area (Å²) in [6, 6.07) is 3.24. The van der Waals surface area contributed by atoms with Crippen LogP contribution in [0.3, 0.4) is 0 Å². The van der Waals surface area contributed by atoms with Gasteiger partial charge in [-0.3, -0.25) is 4.79 Å². The molecule has 2 heterocycles. The average molecular weight is 196 g/mol. The van der Waals surface area contributed by atoms with Crippen LogP contribution in [0.15, 0.2) is 12.1 Å². The summed E-state index contributed by atoms with van der Waals surface area (Å²) < 4.78 is 1.49. The van der Waals surface area contributed by atoms with Gasteiger partial charge in [0.2, 0.25) is 0 Å². The summed E-state index contributed by atoms with van der Waals surface area (Å²) in [5.41, 5.74) is 1.72. The van der Waals surface area contributed by atoms with Gasteiger partial charge in [-0.25, -0.2) is 9.50 Å². The van der Waals surface area contributed by atoms with E-state index in [4.69, 9.17) is 11.6 Å². The molecule has 0 amide bonds. The molecule has 0 aliphatic carbocycles. The minimum absolute atomic E-state index is 0.317. The smallest absolute Gasteiger partial charge is 0.168 e. The Hall–Kier alpha value is -1.42. The molecule has 2 aromatic heterocycles. The lowest BCUT2D eigenvalue weighted by Crippen LogP contribution is -1.95. The number of hydrogen-bond acceptors (Lipinski definition) is 3. The predicted molar refractivity (Wildman–Crippen MR) is 48.1 cm³/mol. The Bertz CT molecular complexity index is 477. The molecule has 0 aromatic carbocycles. The van der Waals surface area contributed by atoms with Crippen LogP contribution in [0.2, 0.25) is 5.15 Å². The zero-order chi connectivity index (χ0) is 9.42. The van der Waals surface area contributed by atoms with Crippen LogP contribution in [-0.2, 0) is 0 Å². The first-order valence-electron chi connectivity index (χ1n) is 3.69. The van der Waals surface area contributed by atoms with Crippen LogP contribution in [0.5, 0.6) is 0 Å². The maximum absolute atomic E-state index is 10.5. The molecule has 2 aromatic rings. The predicted octanol–water partition coefficient (Wildman–Crippen LogP) is 1.50. The summed E-state index contributed by atoms with van der Waals surface area (Å²) in [6.07, 6.45) is 0.661. The lowest BCUT2D eigenvalue weighted by atomic mass is 10.4. The van der Waals surface area contributed by atoms with E-state index in [-0.39, 0.29) is 0 Å². The van der Waals surface area contributed by atoms with E-state index in [1.165, 1.54) is 10.6 Å². The van der Waals surface area contributed by atoms with E-state index in [0.717, 1.165) is 5.69 Å². The van der Waals surface area contributed by atoms with E-state index in [2.05, 4.69) is 10.1 Å². The Morgan fingerprint density at radius 1 is 1.54 bits per heavy atom. The van der Waals surface area contributed by atoms with E-state index >= 15 is 0 Å². The molecule has 13 heavy (non-hydrogen) atoms. The number of hydrogen-bond donors (Lipinski definition) is 0. The summed E-state index contributed by atoms with van der Waals surface area (Å²) in [5.74, 6) is 0. The van der Waals surface area contributed by atoms with Gasteiger partial charge in [-0.2, -0.15) is 5.10 Å². The van der Waals surface area contributed by atoms with Crippen molar-refractivity contribution in [1.29, 1.82) is 0 Å². The van der Waals surface area contributed by atoms with E-state index < -0.39 is 0 Å². The van der Waals surface area contributed by atoms with Crippen molar-refractivity contribution in [2.75, 3.05) is 0 Å². The molecule has 66 valence electrons. The van der Waals surface area contributed by atoms with Gasteiger partial charge in [-0.05, 0) is 6.92 Å². The molecule has 0 fully saturated rings. The zero-order valence-corrected chi connectivity index (χ0v) is 7.62. The molecular formula is C8H6ClN3O. The van der Waals surface area contributed by atoms with E-state index in [0.29, 0.717) is 22.8 Å². The molecule has 0 bridgehead atoms. The second kappa shape index (κ2) is 2.81. The second-order valence-electron chi connectivity index (χ2n) is 2.68. The standard InChI is InChI=1S/C8H6ClN3O/c1-5-2-8-10-6(4-13)3-7(9)12(8)11-5/h2-4H,1H3. The Balaban J connectivity index is 2.82. The van der Waals surface area contributed by atoms with Crippen molar-refractivity contribution < 1.29 is 4.79 Å². The highest BCUT2D eigenvalue weighted by molar-refractivity contribution is 6.29. The zero-order valence-electron chi connectivity index (χ0n) is 6.86. The van der Waals surface area contributed by atoms with Gasteiger partial charge in [0.25, 0.3) is 0 Å². The minimum atomic E-state index is 0.317. The SMILES string of the molecule is Cc1cc2nc(C=O)cc(Cl)n2n1. The highest BCUT2D eigenvalue weighted by atomic mass is 35.5. The molecular weight excluding hydrogens is 190 g/mol. The van der Waals surface area contributed by atoms with Crippen LogP contribution in [0.4, 0.5) is 0 Å². The van der Waals surface area contributed by atoms with Crippen LogP contribution < -0.4 is 0 Å². The topological polar surface area (TPSA) is 47.3 Å². The van der Waals surface area contributed by atoms with Gasteiger partial charge in [0.15, 0.2) is 11.9 Å². The molecule has 0 atom stereocenters. The summed E-state index contributed by atoms with van der Waals surface area (Å²) in [7, 11) is 0. The number of aromatic nitrogens is 3. The fourth-order valence-electron chi connectivity index (χ4n) is 1.13. The van der Waals surface area contributed by atoms with E-state index in [1.54, 1.807) is 6.07 Å². The lowest BCUT2D eigenvalue weighted by Gasteiger charge is -1.96. The van der Waals surface area contributed by atoms with Crippen molar-refractivity contribution in [3.63, 3.8) is 0 Å². The Morgan fingerprint density at radius 2 is 2.31 bits per heavy atom. The normalized spacial score (nSPS) is 10.6. The number of carbonyl (C=O) groups is 1. The largest absolute Gasteiger partial charge is 0.296 e. The number of nitrogens with zero attached hydrogens (tertiary/aromatic N) is 3. The summed E-state index contributed by atoms with van der Waals surface area (Å²) in [4.78, 5) is 14.5. The third-order valence-electron chi connectivity index (χ3n) is 1.65.